The molecule has 1 atom stereocenters. The Morgan fingerprint density at radius 3 is 2.20 bits per heavy atom. The summed E-state index contributed by atoms with van der Waals surface area (Å²) in [6, 6.07) is -0.442. The fraction of sp³-hybridized carbons (Fsp3) is 0.667. The lowest BCUT2D eigenvalue weighted by Gasteiger charge is -2.09. The number of carbonyl (C=O) groups is 2. The predicted molar refractivity (Wildman–Crippen MR) is 37.3 cm³/mol. The molecule has 0 spiro atoms. The number of amides is 2. The Balaban J connectivity index is 3.72. The van der Waals surface area contributed by atoms with E-state index in [0.717, 1.165) is 0 Å². The van der Waals surface area contributed by atoms with Crippen LogP contribution in [0.15, 0.2) is 0 Å². The molecule has 0 fully saturated rings. The minimum absolute atomic E-state index is 0.185. The zero-order chi connectivity index (χ0) is 8.15. The summed E-state index contributed by atoms with van der Waals surface area (Å²) in [5.41, 5.74) is 0. The fourth-order valence-corrected chi connectivity index (χ4v) is 0.587. The van der Waals surface area contributed by atoms with E-state index in [0.29, 0.717) is 0 Å². The van der Waals surface area contributed by atoms with E-state index in [9.17, 15) is 9.59 Å². The summed E-state index contributed by atoms with van der Waals surface area (Å²) in [7, 11) is 1.53. The highest BCUT2D eigenvalue weighted by molar-refractivity contribution is 5.86. The molecule has 0 saturated heterocycles. The molecular formula is C6H12N2O2. The normalized spacial score (nSPS) is 11.9. The van der Waals surface area contributed by atoms with Crippen molar-refractivity contribution in [3.63, 3.8) is 0 Å². The van der Waals surface area contributed by atoms with Crippen LogP contribution in [-0.4, -0.2) is 24.9 Å². The van der Waals surface area contributed by atoms with E-state index in [1.165, 1.54) is 14.0 Å². The van der Waals surface area contributed by atoms with Gasteiger partial charge < -0.3 is 10.6 Å². The van der Waals surface area contributed by atoms with Gasteiger partial charge in [-0.25, -0.2) is 0 Å². The first-order valence-corrected chi connectivity index (χ1v) is 3.06. The Bertz CT molecular complexity index is 145. The van der Waals surface area contributed by atoms with Crippen LogP contribution >= 0.6 is 0 Å². The van der Waals surface area contributed by atoms with Gasteiger partial charge in [0, 0.05) is 14.0 Å². The van der Waals surface area contributed by atoms with Crippen molar-refractivity contribution in [2.45, 2.75) is 19.9 Å². The fourth-order valence-electron chi connectivity index (χ4n) is 0.587. The first kappa shape index (κ1) is 8.94. The van der Waals surface area contributed by atoms with Crippen molar-refractivity contribution in [2.75, 3.05) is 7.05 Å². The lowest BCUT2D eigenvalue weighted by molar-refractivity contribution is -0.127. The molecule has 0 saturated carbocycles. The molecule has 0 aliphatic heterocycles. The van der Waals surface area contributed by atoms with Crippen molar-refractivity contribution in [1.82, 2.24) is 10.6 Å². The van der Waals surface area contributed by atoms with E-state index >= 15 is 0 Å². The van der Waals surface area contributed by atoms with Gasteiger partial charge in [0.2, 0.25) is 11.8 Å². The van der Waals surface area contributed by atoms with Gasteiger partial charge in [0.15, 0.2) is 0 Å². The van der Waals surface area contributed by atoms with Gasteiger partial charge in [0.25, 0.3) is 0 Å². The first-order chi connectivity index (χ1) is 4.57. The molecule has 2 amide bonds. The first-order valence-electron chi connectivity index (χ1n) is 3.06. The van der Waals surface area contributed by atoms with Crippen molar-refractivity contribution in [1.29, 1.82) is 0 Å². The average molecular weight is 144 g/mol. The lowest BCUT2D eigenvalue weighted by atomic mass is 10.3. The van der Waals surface area contributed by atoms with Crippen LogP contribution in [0.1, 0.15) is 13.8 Å². The standard InChI is InChI=1S/C6H12N2O2/c1-4(6(10)7-3)8-5(2)9/h4H,1-3H3,(H,7,10)(H,8,9). The highest BCUT2D eigenvalue weighted by atomic mass is 16.2. The van der Waals surface area contributed by atoms with Crippen molar-refractivity contribution >= 4 is 11.8 Å². The van der Waals surface area contributed by atoms with E-state index in [2.05, 4.69) is 10.6 Å². The lowest BCUT2D eigenvalue weighted by Crippen LogP contribution is -2.42. The maximum atomic E-state index is 10.7. The van der Waals surface area contributed by atoms with E-state index in [-0.39, 0.29) is 11.8 Å². The highest BCUT2D eigenvalue weighted by Crippen LogP contribution is 1.79. The molecule has 10 heavy (non-hydrogen) atoms. The van der Waals surface area contributed by atoms with Crippen molar-refractivity contribution in [3.05, 3.63) is 0 Å². The zero-order valence-corrected chi connectivity index (χ0v) is 6.39. The summed E-state index contributed by atoms with van der Waals surface area (Å²) in [5.74, 6) is -0.383. The summed E-state index contributed by atoms with van der Waals surface area (Å²) in [6.07, 6.45) is 0. The van der Waals surface area contributed by atoms with E-state index in [1.807, 2.05) is 0 Å². The molecule has 4 nitrogen and oxygen atoms in total. The van der Waals surface area contributed by atoms with Crippen LogP contribution in [-0.2, 0) is 9.59 Å². The van der Waals surface area contributed by atoms with Crippen molar-refractivity contribution < 1.29 is 9.59 Å². The van der Waals surface area contributed by atoms with E-state index in [4.69, 9.17) is 0 Å². The second-order valence-corrected chi connectivity index (χ2v) is 2.04. The number of rotatable bonds is 2. The zero-order valence-electron chi connectivity index (χ0n) is 6.39. The van der Waals surface area contributed by atoms with Crippen LogP contribution in [0.4, 0.5) is 0 Å². The highest BCUT2D eigenvalue weighted by Gasteiger charge is 2.09. The van der Waals surface area contributed by atoms with Gasteiger partial charge in [-0.2, -0.15) is 0 Å². The minimum Gasteiger partial charge on any atom is -0.357 e. The van der Waals surface area contributed by atoms with Gasteiger partial charge in [-0.15, -0.1) is 0 Å². The van der Waals surface area contributed by atoms with Crippen LogP contribution in [0, 0.1) is 0 Å². The number of hydrogen-bond donors (Lipinski definition) is 2. The molecule has 0 aromatic carbocycles. The molecule has 0 heterocycles. The third kappa shape index (κ3) is 3.06. The van der Waals surface area contributed by atoms with Crippen LogP contribution in [0.5, 0.6) is 0 Å². The molecule has 0 aromatic heterocycles. The Kier molecular flexibility index (Phi) is 3.46. The number of hydrogen-bond acceptors (Lipinski definition) is 2. The molecule has 1 unspecified atom stereocenters. The van der Waals surface area contributed by atoms with Crippen LogP contribution in [0.3, 0.4) is 0 Å². The molecule has 2 N–H and O–H groups in total. The smallest absolute Gasteiger partial charge is 0.242 e. The SMILES string of the molecule is CNC(=O)C(C)NC(C)=O. The summed E-state index contributed by atoms with van der Waals surface area (Å²) >= 11 is 0. The molecule has 0 rings (SSSR count). The van der Waals surface area contributed by atoms with Gasteiger partial charge >= 0.3 is 0 Å². The Labute approximate surface area is 60.0 Å². The molecule has 0 radical (unpaired) electrons. The second kappa shape index (κ2) is 3.87. The third-order valence-electron chi connectivity index (χ3n) is 1.06. The quantitative estimate of drug-likeness (QED) is 0.536. The molecule has 0 aromatic rings. The molecule has 0 bridgehead atoms. The summed E-state index contributed by atoms with van der Waals surface area (Å²) in [5, 5.41) is 4.86. The Hall–Kier alpha value is -1.06. The van der Waals surface area contributed by atoms with Gasteiger partial charge in [-0.3, -0.25) is 9.59 Å². The third-order valence-corrected chi connectivity index (χ3v) is 1.06. The van der Waals surface area contributed by atoms with Crippen LogP contribution in [0.25, 0.3) is 0 Å². The number of carbonyl (C=O) groups excluding carboxylic acids is 2. The topological polar surface area (TPSA) is 58.2 Å². The number of likely N-dealkylation sites (N-methyl/N-ethyl adjacent to an activating group) is 1. The minimum atomic E-state index is -0.442. The van der Waals surface area contributed by atoms with Crippen molar-refractivity contribution in [3.8, 4) is 0 Å². The van der Waals surface area contributed by atoms with Crippen LogP contribution < -0.4 is 10.6 Å². The van der Waals surface area contributed by atoms with E-state index in [1.54, 1.807) is 6.92 Å². The summed E-state index contributed by atoms with van der Waals surface area (Å²) in [4.78, 5) is 21.1. The molecule has 58 valence electrons. The maximum absolute atomic E-state index is 10.7. The van der Waals surface area contributed by atoms with Gasteiger partial charge in [-0.05, 0) is 6.92 Å². The molecule has 0 aliphatic carbocycles. The molecule has 4 heteroatoms. The summed E-state index contributed by atoms with van der Waals surface area (Å²) < 4.78 is 0. The summed E-state index contributed by atoms with van der Waals surface area (Å²) in [6.45, 7) is 3.00. The van der Waals surface area contributed by atoms with Gasteiger partial charge in [-0.1, -0.05) is 0 Å². The monoisotopic (exact) mass is 144 g/mol. The van der Waals surface area contributed by atoms with Gasteiger partial charge in [0.05, 0.1) is 0 Å². The Morgan fingerprint density at radius 2 is 1.90 bits per heavy atom. The largest absolute Gasteiger partial charge is 0.357 e. The Morgan fingerprint density at radius 1 is 1.40 bits per heavy atom. The van der Waals surface area contributed by atoms with Gasteiger partial charge in [0.1, 0.15) is 6.04 Å². The van der Waals surface area contributed by atoms with Crippen molar-refractivity contribution in [2.24, 2.45) is 0 Å². The predicted octanol–water partition coefficient (Wildman–Crippen LogP) is -0.743. The molecular weight excluding hydrogens is 132 g/mol. The second-order valence-electron chi connectivity index (χ2n) is 2.04. The maximum Gasteiger partial charge on any atom is 0.242 e. The number of nitrogens with one attached hydrogen (secondary N) is 2. The average Bonchev–Trinajstić information content (AvgIpc) is 1.85. The van der Waals surface area contributed by atoms with E-state index < -0.39 is 6.04 Å². The molecule has 0 aliphatic rings. The van der Waals surface area contributed by atoms with Crippen LogP contribution in [0.2, 0.25) is 0 Å².